The zero-order valence-electron chi connectivity index (χ0n) is 11.3. The molecule has 2 atom stereocenters. The Hall–Kier alpha value is -1.31. The molecule has 1 rings (SSSR count). The summed E-state index contributed by atoms with van der Waals surface area (Å²) < 4.78 is 37.3. The predicted molar refractivity (Wildman–Crippen MR) is 66.9 cm³/mol. The second-order valence-corrected chi connectivity index (χ2v) is 4.77. The van der Waals surface area contributed by atoms with E-state index in [2.05, 4.69) is 16.0 Å². The van der Waals surface area contributed by atoms with E-state index in [1.807, 2.05) is 0 Å². The van der Waals surface area contributed by atoms with E-state index >= 15 is 0 Å². The summed E-state index contributed by atoms with van der Waals surface area (Å²) in [5.74, 6) is -1.90. The minimum absolute atomic E-state index is 0.0507. The van der Waals surface area contributed by atoms with Crippen molar-refractivity contribution in [1.29, 1.82) is 0 Å². The van der Waals surface area contributed by atoms with Gasteiger partial charge in [-0.3, -0.25) is 9.59 Å². The third-order valence-corrected chi connectivity index (χ3v) is 3.22. The molecule has 0 aromatic heterocycles. The number of carbonyl (C=O) groups excluding carboxylic acids is 2. The van der Waals surface area contributed by atoms with Crippen molar-refractivity contribution in [2.75, 3.05) is 19.6 Å². The highest BCUT2D eigenvalue weighted by Crippen LogP contribution is 2.31. The lowest BCUT2D eigenvalue weighted by Crippen LogP contribution is -2.51. The van der Waals surface area contributed by atoms with Crippen LogP contribution >= 0.6 is 0 Å². The SMILES string of the molecule is CCNC(=O)CCNC(=O)C1CCC(C(F)(F)F)CN1. The summed E-state index contributed by atoms with van der Waals surface area (Å²) >= 11 is 0. The van der Waals surface area contributed by atoms with Gasteiger partial charge in [-0.2, -0.15) is 13.2 Å². The molecule has 2 unspecified atom stereocenters. The second kappa shape index (κ2) is 7.47. The zero-order valence-corrected chi connectivity index (χ0v) is 11.3. The van der Waals surface area contributed by atoms with Gasteiger partial charge in [0.2, 0.25) is 11.8 Å². The summed E-state index contributed by atoms with van der Waals surface area (Å²) in [6.45, 7) is 2.26. The highest BCUT2D eigenvalue weighted by Gasteiger charge is 2.42. The summed E-state index contributed by atoms with van der Waals surface area (Å²) in [7, 11) is 0. The average molecular weight is 295 g/mol. The van der Waals surface area contributed by atoms with Gasteiger partial charge < -0.3 is 16.0 Å². The quantitative estimate of drug-likeness (QED) is 0.694. The van der Waals surface area contributed by atoms with Gasteiger partial charge in [0.15, 0.2) is 0 Å². The molecule has 1 heterocycles. The number of hydrogen-bond donors (Lipinski definition) is 3. The summed E-state index contributed by atoms with van der Waals surface area (Å²) in [5, 5.41) is 7.75. The molecule has 8 heteroatoms. The molecule has 0 saturated carbocycles. The Bertz CT molecular complexity index is 339. The summed E-state index contributed by atoms with van der Waals surface area (Å²) in [4.78, 5) is 22.9. The number of halogens is 3. The van der Waals surface area contributed by atoms with Crippen LogP contribution in [0.15, 0.2) is 0 Å². The molecule has 1 aliphatic rings. The van der Waals surface area contributed by atoms with Crippen molar-refractivity contribution in [3.8, 4) is 0 Å². The van der Waals surface area contributed by atoms with Crippen LogP contribution in [0.1, 0.15) is 26.2 Å². The van der Waals surface area contributed by atoms with Crippen LogP contribution in [0.5, 0.6) is 0 Å². The fourth-order valence-corrected chi connectivity index (χ4v) is 2.07. The molecule has 2 amide bonds. The number of alkyl halides is 3. The molecular formula is C12H20F3N3O2. The number of piperidine rings is 1. The standard InChI is InChI=1S/C12H20F3N3O2/c1-2-16-10(19)5-6-17-11(20)9-4-3-8(7-18-9)12(13,14)15/h8-9,18H,2-7H2,1H3,(H,16,19)(H,17,20). The van der Waals surface area contributed by atoms with Gasteiger partial charge >= 0.3 is 6.18 Å². The molecule has 0 aliphatic carbocycles. The lowest BCUT2D eigenvalue weighted by atomic mass is 9.94. The zero-order chi connectivity index (χ0) is 15.2. The molecule has 20 heavy (non-hydrogen) atoms. The van der Waals surface area contributed by atoms with E-state index in [4.69, 9.17) is 0 Å². The van der Waals surface area contributed by atoms with E-state index in [1.165, 1.54) is 0 Å². The van der Waals surface area contributed by atoms with Crippen LogP contribution in [-0.2, 0) is 9.59 Å². The van der Waals surface area contributed by atoms with Gasteiger partial charge in [-0.05, 0) is 19.8 Å². The molecule has 0 aromatic rings. The topological polar surface area (TPSA) is 70.2 Å². The average Bonchev–Trinajstić information content (AvgIpc) is 2.38. The third kappa shape index (κ3) is 5.36. The maximum atomic E-state index is 12.4. The first kappa shape index (κ1) is 16.7. The number of hydrogen-bond acceptors (Lipinski definition) is 3. The van der Waals surface area contributed by atoms with Crippen LogP contribution in [0, 0.1) is 5.92 Å². The van der Waals surface area contributed by atoms with Crippen LogP contribution < -0.4 is 16.0 Å². The first-order valence-electron chi connectivity index (χ1n) is 6.69. The van der Waals surface area contributed by atoms with Crippen LogP contribution in [0.3, 0.4) is 0 Å². The summed E-state index contributed by atoms with van der Waals surface area (Å²) in [6.07, 6.45) is -3.95. The Labute approximate surface area is 115 Å². The number of amides is 2. The normalized spacial score (nSPS) is 23.2. The van der Waals surface area contributed by atoms with E-state index < -0.39 is 18.1 Å². The molecule has 1 saturated heterocycles. The smallest absolute Gasteiger partial charge is 0.356 e. The highest BCUT2D eigenvalue weighted by molar-refractivity contribution is 5.82. The molecule has 1 aliphatic heterocycles. The number of nitrogens with one attached hydrogen (secondary N) is 3. The van der Waals surface area contributed by atoms with E-state index in [9.17, 15) is 22.8 Å². The van der Waals surface area contributed by atoms with Crippen molar-refractivity contribution in [1.82, 2.24) is 16.0 Å². The van der Waals surface area contributed by atoms with Crippen molar-refractivity contribution in [3.63, 3.8) is 0 Å². The van der Waals surface area contributed by atoms with Crippen LogP contribution in [0.2, 0.25) is 0 Å². The molecular weight excluding hydrogens is 275 g/mol. The van der Waals surface area contributed by atoms with Crippen LogP contribution in [0.25, 0.3) is 0 Å². The van der Waals surface area contributed by atoms with Crippen LogP contribution in [-0.4, -0.2) is 43.7 Å². The Morgan fingerprint density at radius 2 is 1.95 bits per heavy atom. The Morgan fingerprint density at radius 1 is 1.25 bits per heavy atom. The molecule has 0 bridgehead atoms. The minimum atomic E-state index is -4.22. The molecule has 5 nitrogen and oxygen atoms in total. The monoisotopic (exact) mass is 295 g/mol. The summed E-state index contributed by atoms with van der Waals surface area (Å²) in [5.41, 5.74) is 0. The van der Waals surface area contributed by atoms with Gasteiger partial charge in [0.25, 0.3) is 0 Å². The van der Waals surface area contributed by atoms with Crippen molar-refractivity contribution in [2.45, 2.75) is 38.4 Å². The van der Waals surface area contributed by atoms with Crippen molar-refractivity contribution in [3.05, 3.63) is 0 Å². The molecule has 0 aromatic carbocycles. The second-order valence-electron chi connectivity index (χ2n) is 4.77. The van der Waals surface area contributed by atoms with Gasteiger partial charge in [-0.15, -0.1) is 0 Å². The number of rotatable bonds is 5. The Kier molecular flexibility index (Phi) is 6.25. The first-order valence-corrected chi connectivity index (χ1v) is 6.69. The Balaban J connectivity index is 2.24. The Morgan fingerprint density at radius 3 is 2.45 bits per heavy atom. The van der Waals surface area contributed by atoms with Gasteiger partial charge in [-0.1, -0.05) is 0 Å². The largest absolute Gasteiger partial charge is 0.393 e. The van der Waals surface area contributed by atoms with E-state index in [0.29, 0.717) is 6.54 Å². The lowest BCUT2D eigenvalue weighted by Gasteiger charge is -2.30. The first-order chi connectivity index (χ1) is 9.34. The van der Waals surface area contributed by atoms with E-state index in [1.54, 1.807) is 6.92 Å². The fourth-order valence-electron chi connectivity index (χ4n) is 2.07. The lowest BCUT2D eigenvalue weighted by molar-refractivity contribution is -0.180. The van der Waals surface area contributed by atoms with Crippen molar-refractivity contribution in [2.24, 2.45) is 5.92 Å². The van der Waals surface area contributed by atoms with Crippen LogP contribution in [0.4, 0.5) is 13.2 Å². The number of carbonyl (C=O) groups is 2. The molecule has 0 spiro atoms. The predicted octanol–water partition coefficient (Wildman–Crippen LogP) is 0.559. The maximum absolute atomic E-state index is 12.4. The van der Waals surface area contributed by atoms with Gasteiger partial charge in [0.05, 0.1) is 12.0 Å². The highest BCUT2D eigenvalue weighted by atomic mass is 19.4. The summed E-state index contributed by atoms with van der Waals surface area (Å²) in [6, 6.07) is -0.608. The maximum Gasteiger partial charge on any atom is 0.393 e. The van der Waals surface area contributed by atoms with E-state index in [0.717, 1.165) is 0 Å². The van der Waals surface area contributed by atoms with Crippen molar-refractivity contribution < 1.29 is 22.8 Å². The van der Waals surface area contributed by atoms with Crippen molar-refractivity contribution >= 4 is 11.8 Å². The molecule has 116 valence electrons. The molecule has 3 N–H and O–H groups in total. The minimum Gasteiger partial charge on any atom is -0.356 e. The van der Waals surface area contributed by atoms with Gasteiger partial charge in [-0.25, -0.2) is 0 Å². The third-order valence-electron chi connectivity index (χ3n) is 3.22. The van der Waals surface area contributed by atoms with E-state index in [-0.39, 0.29) is 44.2 Å². The molecule has 0 radical (unpaired) electrons. The molecule has 1 fully saturated rings. The fraction of sp³-hybridized carbons (Fsp3) is 0.833. The van der Waals surface area contributed by atoms with Gasteiger partial charge in [0, 0.05) is 26.1 Å². The van der Waals surface area contributed by atoms with Gasteiger partial charge in [0.1, 0.15) is 0 Å².